The van der Waals surface area contributed by atoms with Gasteiger partial charge >= 0.3 is 0 Å². The van der Waals surface area contributed by atoms with Gasteiger partial charge in [-0.2, -0.15) is 0 Å². The van der Waals surface area contributed by atoms with Crippen LogP contribution in [0.5, 0.6) is 0 Å². The van der Waals surface area contributed by atoms with Crippen molar-refractivity contribution in [3.63, 3.8) is 0 Å². The van der Waals surface area contributed by atoms with Crippen molar-refractivity contribution in [1.82, 2.24) is 10.6 Å². The van der Waals surface area contributed by atoms with Gasteiger partial charge in [-0.1, -0.05) is 53.5 Å². The Kier molecular flexibility index (Phi) is 8.33. The lowest BCUT2D eigenvalue weighted by atomic mass is 10.1. The second kappa shape index (κ2) is 10.7. The number of hydrogen-bond acceptors (Lipinski definition) is 3. The van der Waals surface area contributed by atoms with E-state index in [-0.39, 0.29) is 16.3 Å². The Hall–Kier alpha value is -2.34. The van der Waals surface area contributed by atoms with E-state index in [1.165, 1.54) is 12.1 Å². The van der Waals surface area contributed by atoms with Crippen molar-refractivity contribution < 1.29 is 14.3 Å². The first-order valence-corrected chi connectivity index (χ1v) is 9.07. The van der Waals surface area contributed by atoms with Crippen LogP contribution in [0.4, 0.5) is 0 Å². The zero-order valence-electron chi connectivity index (χ0n) is 14.8. The monoisotopic (exact) mass is 406 g/mol. The van der Waals surface area contributed by atoms with E-state index in [1.54, 1.807) is 19.3 Å². The van der Waals surface area contributed by atoms with Crippen molar-refractivity contribution in [2.45, 2.75) is 6.42 Å². The summed E-state index contributed by atoms with van der Waals surface area (Å²) < 4.78 is 4.96. The summed E-state index contributed by atoms with van der Waals surface area (Å²) in [7, 11) is 1.60. The molecule has 142 valence electrons. The van der Waals surface area contributed by atoms with E-state index in [2.05, 4.69) is 10.6 Å². The Morgan fingerprint density at radius 2 is 1.85 bits per heavy atom. The molecule has 0 atom stereocenters. The zero-order chi connectivity index (χ0) is 19.6. The maximum absolute atomic E-state index is 12.6. The van der Waals surface area contributed by atoms with Crippen molar-refractivity contribution in [3.05, 3.63) is 75.4 Å². The maximum Gasteiger partial charge on any atom is 0.267 e. The SMILES string of the molecule is COCCCNC(=O)/C(=C/c1ccccc1)NC(=O)c1ccc(Cl)cc1Cl. The van der Waals surface area contributed by atoms with E-state index in [9.17, 15) is 9.59 Å². The third-order valence-corrected chi connectivity index (χ3v) is 4.14. The van der Waals surface area contributed by atoms with Gasteiger partial charge in [0.2, 0.25) is 0 Å². The predicted octanol–water partition coefficient (Wildman–Crippen LogP) is 3.92. The number of carbonyl (C=O) groups is 2. The minimum absolute atomic E-state index is 0.120. The van der Waals surface area contributed by atoms with Crippen LogP contribution >= 0.6 is 23.2 Å². The molecule has 2 aromatic rings. The lowest BCUT2D eigenvalue weighted by Gasteiger charge is -2.12. The quantitative estimate of drug-likeness (QED) is 0.515. The van der Waals surface area contributed by atoms with Crippen LogP contribution in [-0.4, -0.2) is 32.1 Å². The number of rotatable bonds is 8. The first-order valence-electron chi connectivity index (χ1n) is 8.31. The molecule has 2 amide bonds. The summed E-state index contributed by atoms with van der Waals surface area (Å²) in [5, 5.41) is 6.03. The Morgan fingerprint density at radius 1 is 1.11 bits per heavy atom. The Balaban J connectivity index is 2.20. The Bertz CT molecular complexity index is 823. The minimum Gasteiger partial charge on any atom is -0.385 e. The standard InChI is InChI=1S/C20H20Cl2N2O3/c1-27-11-5-10-23-20(26)18(12-14-6-3-2-4-7-14)24-19(25)16-9-8-15(21)13-17(16)22/h2-4,6-9,12-13H,5,10-11H2,1H3,(H,23,26)(H,24,25)/b18-12-. The average molecular weight is 407 g/mol. The van der Waals surface area contributed by atoms with Crippen molar-refractivity contribution in [2.75, 3.05) is 20.3 Å². The highest BCUT2D eigenvalue weighted by atomic mass is 35.5. The van der Waals surface area contributed by atoms with Crippen LogP contribution in [0, 0.1) is 0 Å². The van der Waals surface area contributed by atoms with Crippen LogP contribution in [0.3, 0.4) is 0 Å². The van der Waals surface area contributed by atoms with E-state index in [0.29, 0.717) is 24.6 Å². The molecule has 2 aromatic carbocycles. The molecule has 0 aromatic heterocycles. The summed E-state index contributed by atoms with van der Waals surface area (Å²) in [6.45, 7) is 0.959. The molecule has 2 rings (SSSR count). The van der Waals surface area contributed by atoms with Crippen molar-refractivity contribution >= 4 is 41.1 Å². The summed E-state index contributed by atoms with van der Waals surface area (Å²) in [5.41, 5.74) is 1.13. The van der Waals surface area contributed by atoms with Crippen LogP contribution in [0.15, 0.2) is 54.2 Å². The van der Waals surface area contributed by atoms with Crippen LogP contribution in [0.25, 0.3) is 6.08 Å². The van der Waals surface area contributed by atoms with E-state index in [4.69, 9.17) is 27.9 Å². The van der Waals surface area contributed by atoms with Gasteiger partial charge < -0.3 is 15.4 Å². The third kappa shape index (κ3) is 6.71. The van der Waals surface area contributed by atoms with Gasteiger partial charge in [0.25, 0.3) is 11.8 Å². The van der Waals surface area contributed by atoms with Gasteiger partial charge in [0.1, 0.15) is 5.70 Å². The van der Waals surface area contributed by atoms with Crippen molar-refractivity contribution in [2.24, 2.45) is 0 Å². The van der Waals surface area contributed by atoms with Crippen molar-refractivity contribution in [1.29, 1.82) is 0 Å². The molecule has 0 unspecified atom stereocenters. The van der Waals surface area contributed by atoms with Crippen molar-refractivity contribution in [3.8, 4) is 0 Å². The van der Waals surface area contributed by atoms with Gasteiger partial charge in [-0.15, -0.1) is 0 Å². The molecular weight excluding hydrogens is 387 g/mol. The summed E-state index contributed by atoms with van der Waals surface area (Å²) in [5.74, 6) is -0.890. The topological polar surface area (TPSA) is 67.4 Å². The first-order chi connectivity index (χ1) is 13.0. The molecule has 2 N–H and O–H groups in total. The molecule has 0 bridgehead atoms. The highest BCUT2D eigenvalue weighted by molar-refractivity contribution is 6.36. The smallest absolute Gasteiger partial charge is 0.267 e. The van der Waals surface area contributed by atoms with E-state index in [1.807, 2.05) is 30.3 Å². The number of nitrogens with one attached hydrogen (secondary N) is 2. The third-order valence-electron chi connectivity index (χ3n) is 3.59. The summed E-state index contributed by atoms with van der Waals surface area (Å²) in [6.07, 6.45) is 2.27. The fourth-order valence-corrected chi connectivity index (χ4v) is 2.75. The van der Waals surface area contributed by atoms with Gasteiger partial charge in [0, 0.05) is 25.3 Å². The molecule has 0 spiro atoms. The van der Waals surface area contributed by atoms with Gasteiger partial charge in [0.05, 0.1) is 10.6 Å². The van der Waals surface area contributed by atoms with Crippen LogP contribution < -0.4 is 10.6 Å². The van der Waals surface area contributed by atoms with Gasteiger partial charge in [-0.25, -0.2) is 0 Å². The normalized spacial score (nSPS) is 11.1. The second-order valence-electron chi connectivity index (χ2n) is 5.65. The number of carbonyl (C=O) groups excluding carboxylic acids is 2. The molecule has 0 saturated heterocycles. The Morgan fingerprint density at radius 3 is 2.52 bits per heavy atom. The molecule has 0 saturated carbocycles. The number of ether oxygens (including phenoxy) is 1. The molecule has 7 heteroatoms. The minimum atomic E-state index is -0.495. The summed E-state index contributed by atoms with van der Waals surface area (Å²) in [6, 6.07) is 13.8. The number of amides is 2. The van der Waals surface area contributed by atoms with Gasteiger partial charge in [-0.05, 0) is 36.3 Å². The maximum atomic E-state index is 12.6. The molecule has 0 aliphatic carbocycles. The Labute approximate surface area is 168 Å². The summed E-state index contributed by atoms with van der Waals surface area (Å²) in [4.78, 5) is 25.1. The second-order valence-corrected chi connectivity index (χ2v) is 6.49. The molecule has 5 nitrogen and oxygen atoms in total. The molecule has 0 radical (unpaired) electrons. The number of halogens is 2. The number of methoxy groups -OCH3 is 1. The molecule has 0 aliphatic rings. The van der Waals surface area contributed by atoms with E-state index >= 15 is 0 Å². The molecule has 0 heterocycles. The van der Waals surface area contributed by atoms with Gasteiger partial charge in [0.15, 0.2) is 0 Å². The highest BCUT2D eigenvalue weighted by Gasteiger charge is 2.16. The molecule has 27 heavy (non-hydrogen) atoms. The average Bonchev–Trinajstić information content (AvgIpc) is 2.65. The molecule has 0 fully saturated rings. The lowest BCUT2D eigenvalue weighted by molar-refractivity contribution is -0.117. The first kappa shape index (κ1) is 21.0. The molecule has 0 aliphatic heterocycles. The fraction of sp³-hybridized carbons (Fsp3) is 0.200. The highest BCUT2D eigenvalue weighted by Crippen LogP contribution is 2.21. The number of hydrogen-bond donors (Lipinski definition) is 2. The van der Waals surface area contributed by atoms with Gasteiger partial charge in [-0.3, -0.25) is 9.59 Å². The van der Waals surface area contributed by atoms with E-state index in [0.717, 1.165) is 5.56 Å². The lowest BCUT2D eigenvalue weighted by Crippen LogP contribution is -2.35. The largest absolute Gasteiger partial charge is 0.385 e. The van der Waals surface area contributed by atoms with Crippen LogP contribution in [0.1, 0.15) is 22.3 Å². The fourth-order valence-electron chi connectivity index (χ4n) is 2.25. The van der Waals surface area contributed by atoms with E-state index < -0.39 is 11.8 Å². The molecular formula is C20H20Cl2N2O3. The number of benzene rings is 2. The zero-order valence-corrected chi connectivity index (χ0v) is 16.3. The van der Waals surface area contributed by atoms with Crippen LogP contribution in [0.2, 0.25) is 10.0 Å². The predicted molar refractivity (Wildman–Crippen MR) is 108 cm³/mol. The summed E-state index contributed by atoms with van der Waals surface area (Å²) >= 11 is 12.0. The van der Waals surface area contributed by atoms with Crippen LogP contribution in [-0.2, 0) is 9.53 Å².